The third-order valence-corrected chi connectivity index (χ3v) is 4.72. The molecule has 3 rings (SSSR count). The monoisotopic (exact) mass is 294 g/mol. The predicted molar refractivity (Wildman–Crippen MR) is 94.2 cm³/mol. The van der Waals surface area contributed by atoms with Crippen LogP contribution >= 0.6 is 0 Å². The molecule has 1 unspecified atom stereocenters. The summed E-state index contributed by atoms with van der Waals surface area (Å²) < 4.78 is 0. The second kappa shape index (κ2) is 6.53. The number of fused-ring (bicyclic) bond motifs is 1. The lowest BCUT2D eigenvalue weighted by Gasteiger charge is -2.39. The molecular formula is C20H26N2. The van der Waals surface area contributed by atoms with Gasteiger partial charge in [0.15, 0.2) is 0 Å². The summed E-state index contributed by atoms with van der Waals surface area (Å²) in [5.74, 6) is 0. The Hall–Kier alpha value is -1.80. The highest BCUT2D eigenvalue weighted by Gasteiger charge is 2.30. The molecule has 1 aliphatic heterocycles. The lowest BCUT2D eigenvalue weighted by molar-refractivity contribution is 0.396. The summed E-state index contributed by atoms with van der Waals surface area (Å²) in [7, 11) is 0. The van der Waals surface area contributed by atoms with E-state index < -0.39 is 0 Å². The van der Waals surface area contributed by atoms with Gasteiger partial charge in [-0.15, -0.1) is 0 Å². The van der Waals surface area contributed by atoms with E-state index in [0.29, 0.717) is 0 Å². The van der Waals surface area contributed by atoms with Crippen LogP contribution < -0.4 is 10.6 Å². The topological polar surface area (TPSA) is 29.3 Å². The Morgan fingerprint density at radius 3 is 2.55 bits per heavy atom. The van der Waals surface area contributed by atoms with Crippen molar-refractivity contribution in [3.05, 3.63) is 65.7 Å². The highest BCUT2D eigenvalue weighted by atomic mass is 15.2. The van der Waals surface area contributed by atoms with E-state index >= 15 is 0 Å². The molecule has 0 fully saturated rings. The van der Waals surface area contributed by atoms with E-state index in [9.17, 15) is 0 Å². The first kappa shape index (κ1) is 15.1. The third kappa shape index (κ3) is 3.02. The molecule has 1 aliphatic rings. The highest BCUT2D eigenvalue weighted by Crippen LogP contribution is 2.32. The average Bonchev–Trinajstić information content (AvgIpc) is 2.56. The Balaban J connectivity index is 1.89. The van der Waals surface area contributed by atoms with Crippen molar-refractivity contribution in [2.24, 2.45) is 5.73 Å². The SMILES string of the molecule is CCCC(N)(CN1CCCc2ccccc21)c1ccccc1. The van der Waals surface area contributed by atoms with E-state index in [1.807, 2.05) is 0 Å². The lowest BCUT2D eigenvalue weighted by Crippen LogP contribution is -2.49. The Kier molecular flexibility index (Phi) is 4.49. The van der Waals surface area contributed by atoms with Crippen molar-refractivity contribution in [1.82, 2.24) is 0 Å². The number of benzene rings is 2. The number of nitrogens with two attached hydrogens (primary N) is 1. The molecule has 2 nitrogen and oxygen atoms in total. The normalized spacial score (nSPS) is 16.9. The largest absolute Gasteiger partial charge is 0.369 e. The van der Waals surface area contributed by atoms with Gasteiger partial charge in [-0.05, 0) is 36.5 Å². The first-order chi connectivity index (χ1) is 10.7. The Bertz CT molecular complexity index is 608. The van der Waals surface area contributed by atoms with Gasteiger partial charge < -0.3 is 10.6 Å². The van der Waals surface area contributed by atoms with Crippen molar-refractivity contribution in [2.45, 2.75) is 38.1 Å². The van der Waals surface area contributed by atoms with Gasteiger partial charge in [-0.2, -0.15) is 0 Å². The third-order valence-electron chi connectivity index (χ3n) is 4.72. The van der Waals surface area contributed by atoms with Crippen LogP contribution in [0.15, 0.2) is 54.6 Å². The number of para-hydroxylation sites is 1. The molecule has 0 saturated carbocycles. The van der Waals surface area contributed by atoms with E-state index in [2.05, 4.69) is 66.4 Å². The minimum Gasteiger partial charge on any atom is -0.369 e. The van der Waals surface area contributed by atoms with E-state index in [0.717, 1.165) is 25.9 Å². The summed E-state index contributed by atoms with van der Waals surface area (Å²) in [4.78, 5) is 2.49. The average molecular weight is 294 g/mol. The Morgan fingerprint density at radius 1 is 1.05 bits per heavy atom. The van der Waals surface area contributed by atoms with Crippen LogP contribution in [0.2, 0.25) is 0 Å². The van der Waals surface area contributed by atoms with Crippen LogP contribution in [0.25, 0.3) is 0 Å². The zero-order valence-electron chi connectivity index (χ0n) is 13.5. The van der Waals surface area contributed by atoms with Crippen molar-refractivity contribution >= 4 is 5.69 Å². The molecule has 0 spiro atoms. The zero-order chi connectivity index (χ0) is 15.4. The summed E-state index contributed by atoms with van der Waals surface area (Å²) >= 11 is 0. The number of rotatable bonds is 5. The zero-order valence-corrected chi connectivity index (χ0v) is 13.5. The predicted octanol–water partition coefficient (Wildman–Crippen LogP) is 4.09. The van der Waals surface area contributed by atoms with E-state index in [4.69, 9.17) is 5.73 Å². The van der Waals surface area contributed by atoms with Crippen LogP contribution in [-0.4, -0.2) is 13.1 Å². The summed E-state index contributed by atoms with van der Waals surface area (Å²) in [5, 5.41) is 0. The van der Waals surface area contributed by atoms with Gasteiger partial charge in [0.05, 0.1) is 5.54 Å². The molecule has 0 radical (unpaired) electrons. The van der Waals surface area contributed by atoms with Gasteiger partial charge in [0.25, 0.3) is 0 Å². The van der Waals surface area contributed by atoms with Crippen molar-refractivity contribution in [1.29, 1.82) is 0 Å². The quantitative estimate of drug-likeness (QED) is 0.900. The van der Waals surface area contributed by atoms with Gasteiger partial charge in [-0.3, -0.25) is 0 Å². The minimum atomic E-state index is -0.277. The maximum atomic E-state index is 6.88. The number of hydrogen-bond acceptors (Lipinski definition) is 2. The van der Waals surface area contributed by atoms with Crippen LogP contribution in [0, 0.1) is 0 Å². The van der Waals surface area contributed by atoms with E-state index in [-0.39, 0.29) is 5.54 Å². The molecule has 0 bridgehead atoms. The fraction of sp³-hybridized carbons (Fsp3) is 0.400. The van der Waals surface area contributed by atoms with Crippen LogP contribution in [0.5, 0.6) is 0 Å². The maximum absolute atomic E-state index is 6.88. The molecule has 0 aliphatic carbocycles. The molecule has 1 heterocycles. The van der Waals surface area contributed by atoms with Crippen LogP contribution in [0.3, 0.4) is 0 Å². The Morgan fingerprint density at radius 2 is 1.77 bits per heavy atom. The fourth-order valence-electron chi connectivity index (χ4n) is 3.65. The number of nitrogens with zero attached hydrogens (tertiary/aromatic N) is 1. The summed E-state index contributed by atoms with van der Waals surface area (Å²) in [5.41, 5.74) is 10.7. The second-order valence-corrected chi connectivity index (χ2v) is 6.43. The second-order valence-electron chi connectivity index (χ2n) is 6.43. The molecule has 116 valence electrons. The van der Waals surface area contributed by atoms with Crippen molar-refractivity contribution in [3.63, 3.8) is 0 Å². The summed E-state index contributed by atoms with van der Waals surface area (Å²) in [6, 6.07) is 19.4. The summed E-state index contributed by atoms with van der Waals surface area (Å²) in [6.07, 6.45) is 4.51. The fourth-order valence-corrected chi connectivity index (χ4v) is 3.65. The molecule has 0 saturated heterocycles. The van der Waals surface area contributed by atoms with Crippen molar-refractivity contribution < 1.29 is 0 Å². The first-order valence-electron chi connectivity index (χ1n) is 8.40. The van der Waals surface area contributed by atoms with Crippen molar-refractivity contribution in [2.75, 3.05) is 18.0 Å². The van der Waals surface area contributed by atoms with Crippen LogP contribution in [-0.2, 0) is 12.0 Å². The molecule has 0 aromatic heterocycles. The molecule has 22 heavy (non-hydrogen) atoms. The molecule has 2 aromatic rings. The van der Waals surface area contributed by atoms with Crippen LogP contribution in [0.4, 0.5) is 5.69 Å². The molecule has 2 heteroatoms. The standard InChI is InChI=1S/C20H26N2/c1-2-14-20(21,18-11-4-3-5-12-18)16-22-15-8-10-17-9-6-7-13-19(17)22/h3-7,9,11-13H,2,8,10,14-16,21H2,1H3. The summed E-state index contributed by atoms with van der Waals surface area (Å²) in [6.45, 7) is 4.21. The number of hydrogen-bond donors (Lipinski definition) is 1. The van der Waals surface area contributed by atoms with Gasteiger partial charge in [0.1, 0.15) is 0 Å². The smallest absolute Gasteiger partial charge is 0.0587 e. The lowest BCUT2D eigenvalue weighted by atomic mass is 9.85. The molecular weight excluding hydrogens is 268 g/mol. The molecule has 0 amide bonds. The molecule has 2 N–H and O–H groups in total. The van der Waals surface area contributed by atoms with E-state index in [1.54, 1.807) is 0 Å². The van der Waals surface area contributed by atoms with Gasteiger partial charge in [0.2, 0.25) is 0 Å². The Labute approximate surface area is 134 Å². The number of aryl methyl sites for hydroxylation is 1. The van der Waals surface area contributed by atoms with Gasteiger partial charge >= 0.3 is 0 Å². The highest BCUT2D eigenvalue weighted by molar-refractivity contribution is 5.56. The van der Waals surface area contributed by atoms with Crippen LogP contribution in [0.1, 0.15) is 37.3 Å². The van der Waals surface area contributed by atoms with Gasteiger partial charge in [0, 0.05) is 18.8 Å². The van der Waals surface area contributed by atoms with Crippen molar-refractivity contribution in [3.8, 4) is 0 Å². The van der Waals surface area contributed by atoms with Gasteiger partial charge in [-0.25, -0.2) is 0 Å². The molecule has 2 aromatic carbocycles. The van der Waals surface area contributed by atoms with E-state index in [1.165, 1.54) is 29.7 Å². The number of anilines is 1. The maximum Gasteiger partial charge on any atom is 0.0587 e. The molecule has 1 atom stereocenters. The first-order valence-corrected chi connectivity index (χ1v) is 8.40. The van der Waals surface area contributed by atoms with Gasteiger partial charge in [-0.1, -0.05) is 61.9 Å². The minimum absolute atomic E-state index is 0.277.